The number of halogens is 1. The Kier molecular flexibility index (Phi) is 5.64. The molecule has 1 aliphatic heterocycles. The summed E-state index contributed by atoms with van der Waals surface area (Å²) >= 11 is 3.44. The van der Waals surface area contributed by atoms with Crippen LogP contribution in [0.25, 0.3) is 0 Å². The molecule has 1 N–H and O–H groups in total. The summed E-state index contributed by atoms with van der Waals surface area (Å²) in [5.41, 5.74) is 1.28. The lowest BCUT2D eigenvalue weighted by molar-refractivity contribution is 0.346. The SMILES string of the molecule is CCNCC(Cc1ccc(Br)cc1)C1CCS(=O)(=O)C1. The zero-order valence-electron chi connectivity index (χ0n) is 11.8. The van der Waals surface area contributed by atoms with Crippen molar-refractivity contribution in [1.82, 2.24) is 5.32 Å². The van der Waals surface area contributed by atoms with Gasteiger partial charge in [0.1, 0.15) is 0 Å². The standard InChI is InChI=1S/C15H22BrNO2S/c1-2-17-10-14(13-7-8-20(18,19)11-13)9-12-3-5-15(16)6-4-12/h3-6,13-14,17H,2,7-11H2,1H3. The lowest BCUT2D eigenvalue weighted by atomic mass is 9.86. The summed E-state index contributed by atoms with van der Waals surface area (Å²) in [6.45, 7) is 3.91. The fourth-order valence-electron chi connectivity index (χ4n) is 2.85. The van der Waals surface area contributed by atoms with Gasteiger partial charge >= 0.3 is 0 Å². The maximum Gasteiger partial charge on any atom is 0.150 e. The van der Waals surface area contributed by atoms with Crippen LogP contribution in [-0.4, -0.2) is 33.0 Å². The molecule has 2 unspecified atom stereocenters. The van der Waals surface area contributed by atoms with Gasteiger partial charge < -0.3 is 5.32 Å². The van der Waals surface area contributed by atoms with Crippen molar-refractivity contribution in [1.29, 1.82) is 0 Å². The molecule has 112 valence electrons. The third-order valence-corrected chi connectivity index (χ3v) is 6.32. The van der Waals surface area contributed by atoms with Crippen LogP contribution in [0.15, 0.2) is 28.7 Å². The lowest BCUT2D eigenvalue weighted by Crippen LogP contribution is -2.30. The van der Waals surface area contributed by atoms with Gasteiger partial charge in [-0.3, -0.25) is 0 Å². The van der Waals surface area contributed by atoms with Gasteiger partial charge in [-0.1, -0.05) is 35.0 Å². The highest BCUT2D eigenvalue weighted by molar-refractivity contribution is 9.10. The summed E-state index contributed by atoms with van der Waals surface area (Å²) in [5, 5.41) is 3.38. The Morgan fingerprint density at radius 3 is 2.60 bits per heavy atom. The molecule has 1 heterocycles. The monoisotopic (exact) mass is 359 g/mol. The third-order valence-electron chi connectivity index (χ3n) is 4.00. The van der Waals surface area contributed by atoms with Crippen molar-refractivity contribution < 1.29 is 8.42 Å². The van der Waals surface area contributed by atoms with Crippen LogP contribution in [-0.2, 0) is 16.3 Å². The first-order valence-corrected chi connectivity index (χ1v) is 9.77. The predicted molar refractivity (Wildman–Crippen MR) is 86.6 cm³/mol. The van der Waals surface area contributed by atoms with Crippen molar-refractivity contribution in [2.45, 2.75) is 19.8 Å². The van der Waals surface area contributed by atoms with Crippen LogP contribution in [0.1, 0.15) is 18.9 Å². The van der Waals surface area contributed by atoms with Gasteiger partial charge in [-0.05, 0) is 55.5 Å². The Morgan fingerprint density at radius 2 is 2.05 bits per heavy atom. The average molecular weight is 360 g/mol. The summed E-state index contributed by atoms with van der Waals surface area (Å²) < 4.78 is 24.5. The highest BCUT2D eigenvalue weighted by atomic mass is 79.9. The molecular formula is C15H22BrNO2S. The highest BCUT2D eigenvalue weighted by Crippen LogP contribution is 2.28. The molecule has 1 aromatic carbocycles. The first-order chi connectivity index (χ1) is 9.50. The molecule has 0 aliphatic carbocycles. The van der Waals surface area contributed by atoms with Gasteiger partial charge in [0.15, 0.2) is 9.84 Å². The number of rotatable bonds is 6. The molecule has 0 bridgehead atoms. The molecular weight excluding hydrogens is 338 g/mol. The molecule has 0 radical (unpaired) electrons. The van der Waals surface area contributed by atoms with Crippen LogP contribution in [0.2, 0.25) is 0 Å². The van der Waals surface area contributed by atoms with Crippen LogP contribution in [0.4, 0.5) is 0 Å². The second kappa shape index (κ2) is 7.05. The first-order valence-electron chi connectivity index (χ1n) is 7.16. The fourth-order valence-corrected chi connectivity index (χ4v) is 5.04. The van der Waals surface area contributed by atoms with E-state index in [1.165, 1.54) is 5.56 Å². The molecule has 2 rings (SSSR count). The smallest absolute Gasteiger partial charge is 0.150 e. The zero-order chi connectivity index (χ0) is 14.6. The molecule has 20 heavy (non-hydrogen) atoms. The molecule has 1 aliphatic rings. The van der Waals surface area contributed by atoms with E-state index in [-0.39, 0.29) is 0 Å². The van der Waals surface area contributed by atoms with E-state index in [0.29, 0.717) is 23.3 Å². The number of nitrogens with one attached hydrogen (secondary N) is 1. The minimum atomic E-state index is -2.80. The molecule has 3 nitrogen and oxygen atoms in total. The highest BCUT2D eigenvalue weighted by Gasteiger charge is 2.33. The maximum atomic E-state index is 11.7. The minimum Gasteiger partial charge on any atom is -0.317 e. The Hall–Kier alpha value is -0.390. The second-order valence-corrected chi connectivity index (χ2v) is 8.71. The molecule has 1 saturated heterocycles. The zero-order valence-corrected chi connectivity index (χ0v) is 14.2. The predicted octanol–water partition coefficient (Wildman–Crippen LogP) is 2.65. The minimum absolute atomic E-state index is 0.294. The molecule has 0 amide bonds. The van der Waals surface area contributed by atoms with Crippen LogP contribution in [0.3, 0.4) is 0 Å². The van der Waals surface area contributed by atoms with Crippen molar-refractivity contribution in [2.24, 2.45) is 11.8 Å². The molecule has 1 fully saturated rings. The van der Waals surface area contributed by atoms with Gasteiger partial charge in [-0.25, -0.2) is 8.42 Å². The molecule has 0 saturated carbocycles. The van der Waals surface area contributed by atoms with Crippen molar-refractivity contribution >= 4 is 25.8 Å². The number of sulfone groups is 1. The molecule has 1 aromatic rings. The molecule has 0 spiro atoms. The summed E-state index contributed by atoms with van der Waals surface area (Å²) in [6.07, 6.45) is 1.76. The van der Waals surface area contributed by atoms with E-state index in [1.54, 1.807) is 0 Å². The summed E-state index contributed by atoms with van der Waals surface area (Å²) in [7, 11) is -2.80. The van der Waals surface area contributed by atoms with Gasteiger partial charge in [0.25, 0.3) is 0 Å². The van der Waals surface area contributed by atoms with Gasteiger partial charge in [0, 0.05) is 4.47 Å². The van der Waals surface area contributed by atoms with Gasteiger partial charge in [-0.15, -0.1) is 0 Å². The number of hydrogen-bond donors (Lipinski definition) is 1. The number of hydrogen-bond acceptors (Lipinski definition) is 3. The quantitative estimate of drug-likeness (QED) is 0.849. The first kappa shape index (κ1) is 16.0. The Morgan fingerprint density at radius 1 is 1.35 bits per heavy atom. The maximum absolute atomic E-state index is 11.7. The van der Waals surface area contributed by atoms with E-state index < -0.39 is 9.84 Å². The Balaban J connectivity index is 2.05. The van der Waals surface area contributed by atoms with E-state index in [0.717, 1.165) is 30.4 Å². The van der Waals surface area contributed by atoms with E-state index in [1.807, 2.05) is 12.1 Å². The van der Waals surface area contributed by atoms with E-state index in [4.69, 9.17) is 0 Å². The molecule has 0 aromatic heterocycles. The van der Waals surface area contributed by atoms with Crippen LogP contribution < -0.4 is 5.32 Å². The summed E-state index contributed by atoms with van der Waals surface area (Å²) in [6, 6.07) is 8.33. The third kappa shape index (κ3) is 4.57. The van der Waals surface area contributed by atoms with Crippen molar-refractivity contribution in [3.8, 4) is 0 Å². The average Bonchev–Trinajstić information content (AvgIpc) is 2.77. The summed E-state index contributed by atoms with van der Waals surface area (Å²) in [4.78, 5) is 0. The van der Waals surface area contributed by atoms with E-state index in [9.17, 15) is 8.42 Å². The van der Waals surface area contributed by atoms with Gasteiger partial charge in [0.2, 0.25) is 0 Å². The van der Waals surface area contributed by atoms with Crippen molar-refractivity contribution in [2.75, 3.05) is 24.6 Å². The van der Waals surface area contributed by atoms with Crippen molar-refractivity contribution in [3.05, 3.63) is 34.3 Å². The normalized spacial score (nSPS) is 22.8. The fraction of sp³-hybridized carbons (Fsp3) is 0.600. The van der Waals surface area contributed by atoms with Crippen LogP contribution >= 0.6 is 15.9 Å². The molecule has 2 atom stereocenters. The lowest BCUT2D eigenvalue weighted by Gasteiger charge is -2.23. The van der Waals surface area contributed by atoms with E-state index >= 15 is 0 Å². The molecule has 5 heteroatoms. The number of benzene rings is 1. The second-order valence-electron chi connectivity index (χ2n) is 5.56. The van der Waals surface area contributed by atoms with E-state index in [2.05, 4.69) is 40.3 Å². The Bertz CT molecular complexity index is 527. The van der Waals surface area contributed by atoms with Crippen LogP contribution in [0, 0.1) is 11.8 Å². The van der Waals surface area contributed by atoms with Gasteiger partial charge in [-0.2, -0.15) is 0 Å². The van der Waals surface area contributed by atoms with Crippen LogP contribution in [0.5, 0.6) is 0 Å². The largest absolute Gasteiger partial charge is 0.317 e. The van der Waals surface area contributed by atoms with Gasteiger partial charge in [0.05, 0.1) is 11.5 Å². The summed E-state index contributed by atoms with van der Waals surface area (Å²) in [5.74, 6) is 1.41. The Labute approximate surface area is 130 Å². The topological polar surface area (TPSA) is 46.2 Å². The van der Waals surface area contributed by atoms with Crippen molar-refractivity contribution in [3.63, 3.8) is 0 Å².